The third-order valence-electron chi connectivity index (χ3n) is 5.66. The number of carbonyl (C=O) groups excluding carboxylic acids is 2. The van der Waals surface area contributed by atoms with Gasteiger partial charge in [0.25, 0.3) is 0 Å². The van der Waals surface area contributed by atoms with Crippen molar-refractivity contribution in [3.63, 3.8) is 0 Å². The molecule has 0 N–H and O–H groups in total. The highest BCUT2D eigenvalue weighted by Gasteiger charge is 2.46. The third kappa shape index (κ3) is 4.41. The fourth-order valence-electron chi connectivity index (χ4n) is 3.94. The SMILES string of the molecule is O=C(CCCc1ccccc1)N1CCN(C(=O)C2CC2c2cccs2)CC1. The van der Waals surface area contributed by atoms with Crippen LogP contribution in [0.5, 0.6) is 0 Å². The predicted octanol–water partition coefficient (Wildman–Crippen LogP) is 3.55. The van der Waals surface area contributed by atoms with Crippen LogP contribution in [0, 0.1) is 5.92 Å². The molecule has 1 saturated heterocycles. The van der Waals surface area contributed by atoms with E-state index in [1.807, 2.05) is 28.0 Å². The lowest BCUT2D eigenvalue weighted by molar-refractivity contribution is -0.140. The Morgan fingerprint density at radius 2 is 1.70 bits per heavy atom. The van der Waals surface area contributed by atoms with Crippen LogP contribution in [0.15, 0.2) is 47.8 Å². The van der Waals surface area contributed by atoms with Crippen molar-refractivity contribution in [3.8, 4) is 0 Å². The summed E-state index contributed by atoms with van der Waals surface area (Å²) in [4.78, 5) is 30.4. The van der Waals surface area contributed by atoms with Crippen LogP contribution in [0.2, 0.25) is 0 Å². The van der Waals surface area contributed by atoms with Gasteiger partial charge in [-0.15, -0.1) is 11.3 Å². The lowest BCUT2D eigenvalue weighted by atomic mass is 10.1. The quantitative estimate of drug-likeness (QED) is 0.767. The normalized spacial score (nSPS) is 21.9. The second-order valence-electron chi connectivity index (χ2n) is 7.51. The Bertz CT molecular complexity index is 767. The summed E-state index contributed by atoms with van der Waals surface area (Å²) in [5.74, 6) is 1.09. The summed E-state index contributed by atoms with van der Waals surface area (Å²) in [6.45, 7) is 2.70. The lowest BCUT2D eigenvalue weighted by Gasteiger charge is -2.35. The van der Waals surface area contributed by atoms with E-state index in [1.54, 1.807) is 11.3 Å². The van der Waals surface area contributed by atoms with Gasteiger partial charge >= 0.3 is 0 Å². The van der Waals surface area contributed by atoms with E-state index in [2.05, 4.69) is 29.6 Å². The first-order valence-electron chi connectivity index (χ1n) is 9.86. The molecule has 1 aliphatic heterocycles. The molecule has 2 heterocycles. The Labute approximate surface area is 164 Å². The molecular weight excluding hydrogens is 356 g/mol. The van der Waals surface area contributed by atoms with Crippen molar-refractivity contribution < 1.29 is 9.59 Å². The van der Waals surface area contributed by atoms with Gasteiger partial charge in [-0.05, 0) is 36.3 Å². The molecule has 1 aromatic heterocycles. The van der Waals surface area contributed by atoms with Crippen LogP contribution in [0.3, 0.4) is 0 Å². The number of hydrogen-bond acceptors (Lipinski definition) is 3. The van der Waals surface area contributed by atoms with Gasteiger partial charge in [-0.2, -0.15) is 0 Å². The second kappa shape index (κ2) is 8.26. The molecule has 142 valence electrons. The zero-order chi connectivity index (χ0) is 18.6. The van der Waals surface area contributed by atoms with Gasteiger partial charge in [0, 0.05) is 49.3 Å². The number of aryl methyl sites for hydroxylation is 1. The molecule has 1 saturated carbocycles. The molecular formula is C22H26N2O2S. The van der Waals surface area contributed by atoms with E-state index >= 15 is 0 Å². The van der Waals surface area contributed by atoms with Crippen LogP contribution in [-0.4, -0.2) is 47.8 Å². The Morgan fingerprint density at radius 1 is 0.963 bits per heavy atom. The molecule has 4 nitrogen and oxygen atoms in total. The smallest absolute Gasteiger partial charge is 0.226 e. The maximum atomic E-state index is 12.7. The predicted molar refractivity (Wildman–Crippen MR) is 108 cm³/mol. The van der Waals surface area contributed by atoms with Crippen molar-refractivity contribution in [1.29, 1.82) is 0 Å². The maximum absolute atomic E-state index is 12.7. The molecule has 2 fully saturated rings. The van der Waals surface area contributed by atoms with E-state index < -0.39 is 0 Å². The Morgan fingerprint density at radius 3 is 2.41 bits per heavy atom. The molecule has 2 unspecified atom stereocenters. The first-order valence-corrected chi connectivity index (χ1v) is 10.7. The molecule has 2 atom stereocenters. The Kier molecular flexibility index (Phi) is 5.58. The topological polar surface area (TPSA) is 40.6 Å². The fourth-order valence-corrected chi connectivity index (χ4v) is 4.85. The average molecular weight is 383 g/mol. The Hall–Kier alpha value is -2.14. The van der Waals surface area contributed by atoms with Crippen molar-refractivity contribution in [2.24, 2.45) is 5.92 Å². The van der Waals surface area contributed by atoms with Crippen molar-refractivity contribution in [3.05, 3.63) is 58.3 Å². The second-order valence-corrected chi connectivity index (χ2v) is 8.49. The number of nitrogens with zero attached hydrogens (tertiary/aromatic N) is 2. The highest BCUT2D eigenvalue weighted by Crippen LogP contribution is 2.50. The number of benzene rings is 1. The highest BCUT2D eigenvalue weighted by molar-refractivity contribution is 7.10. The molecule has 2 aliphatic rings. The van der Waals surface area contributed by atoms with E-state index in [1.165, 1.54) is 10.4 Å². The van der Waals surface area contributed by atoms with Gasteiger partial charge in [0.15, 0.2) is 0 Å². The minimum absolute atomic E-state index is 0.164. The fraction of sp³-hybridized carbons (Fsp3) is 0.455. The summed E-state index contributed by atoms with van der Waals surface area (Å²) in [5, 5.41) is 2.08. The van der Waals surface area contributed by atoms with Crippen molar-refractivity contribution >= 4 is 23.2 Å². The van der Waals surface area contributed by atoms with Crippen LogP contribution < -0.4 is 0 Å². The molecule has 0 bridgehead atoms. The minimum Gasteiger partial charge on any atom is -0.339 e. The summed E-state index contributed by atoms with van der Waals surface area (Å²) >= 11 is 1.75. The zero-order valence-corrected chi connectivity index (χ0v) is 16.4. The molecule has 1 aromatic carbocycles. The average Bonchev–Trinajstić information content (AvgIpc) is 3.32. The van der Waals surface area contributed by atoms with Gasteiger partial charge in [0.05, 0.1) is 0 Å². The summed E-state index contributed by atoms with van der Waals surface area (Å²) in [6, 6.07) is 14.5. The van der Waals surface area contributed by atoms with Gasteiger partial charge in [-0.3, -0.25) is 9.59 Å². The van der Waals surface area contributed by atoms with Gasteiger partial charge < -0.3 is 9.80 Å². The van der Waals surface area contributed by atoms with Gasteiger partial charge in [-0.25, -0.2) is 0 Å². The molecule has 0 spiro atoms. The summed E-state index contributed by atoms with van der Waals surface area (Å²) in [7, 11) is 0. The number of carbonyl (C=O) groups is 2. The van der Waals surface area contributed by atoms with Crippen LogP contribution in [-0.2, 0) is 16.0 Å². The van der Waals surface area contributed by atoms with E-state index in [0.29, 0.717) is 38.5 Å². The molecule has 0 radical (unpaired) electrons. The third-order valence-corrected chi connectivity index (χ3v) is 6.66. The zero-order valence-electron chi connectivity index (χ0n) is 15.5. The molecule has 27 heavy (non-hydrogen) atoms. The number of hydrogen-bond donors (Lipinski definition) is 0. The number of piperazine rings is 1. The van der Waals surface area contributed by atoms with Crippen LogP contribution >= 0.6 is 11.3 Å². The molecule has 4 rings (SSSR count). The van der Waals surface area contributed by atoms with Crippen molar-refractivity contribution in [1.82, 2.24) is 9.80 Å². The van der Waals surface area contributed by atoms with Crippen molar-refractivity contribution in [2.45, 2.75) is 31.6 Å². The minimum atomic E-state index is 0.164. The summed E-state index contributed by atoms with van der Waals surface area (Å²) in [6.07, 6.45) is 3.40. The number of rotatable bonds is 6. The maximum Gasteiger partial charge on any atom is 0.226 e. The van der Waals surface area contributed by atoms with E-state index in [-0.39, 0.29) is 17.7 Å². The first kappa shape index (κ1) is 18.2. The number of amides is 2. The van der Waals surface area contributed by atoms with Crippen LogP contribution in [0.4, 0.5) is 0 Å². The van der Waals surface area contributed by atoms with E-state index in [9.17, 15) is 9.59 Å². The summed E-state index contributed by atoms with van der Waals surface area (Å²) < 4.78 is 0. The van der Waals surface area contributed by atoms with Gasteiger partial charge in [-0.1, -0.05) is 36.4 Å². The van der Waals surface area contributed by atoms with E-state index in [4.69, 9.17) is 0 Å². The molecule has 1 aliphatic carbocycles. The monoisotopic (exact) mass is 382 g/mol. The van der Waals surface area contributed by atoms with Crippen molar-refractivity contribution in [2.75, 3.05) is 26.2 Å². The molecule has 2 aromatic rings. The van der Waals surface area contributed by atoms with E-state index in [0.717, 1.165) is 19.3 Å². The van der Waals surface area contributed by atoms with Crippen LogP contribution in [0.25, 0.3) is 0 Å². The Balaban J connectivity index is 1.18. The molecule has 5 heteroatoms. The van der Waals surface area contributed by atoms with Crippen LogP contribution in [0.1, 0.15) is 35.6 Å². The van der Waals surface area contributed by atoms with Gasteiger partial charge in [0.2, 0.25) is 11.8 Å². The highest BCUT2D eigenvalue weighted by atomic mass is 32.1. The number of thiophene rings is 1. The largest absolute Gasteiger partial charge is 0.339 e. The van der Waals surface area contributed by atoms with Gasteiger partial charge in [0.1, 0.15) is 0 Å². The standard InChI is InChI=1S/C22H26N2O2S/c25-21(10-4-8-17-6-2-1-3-7-17)23-11-13-24(14-12-23)22(26)19-16-18(19)20-9-5-15-27-20/h1-3,5-7,9,15,18-19H,4,8,10-14,16H2. The molecule has 2 amide bonds. The lowest BCUT2D eigenvalue weighted by Crippen LogP contribution is -2.51. The summed E-state index contributed by atoms with van der Waals surface area (Å²) in [5.41, 5.74) is 1.28. The first-order chi connectivity index (χ1) is 13.2.